The molecule has 1 aromatic carbocycles. The summed E-state index contributed by atoms with van der Waals surface area (Å²) >= 11 is 1.26. The van der Waals surface area contributed by atoms with Gasteiger partial charge in [0.1, 0.15) is 11.1 Å². The average molecular weight is 341 g/mol. The van der Waals surface area contributed by atoms with E-state index in [0.717, 1.165) is 21.2 Å². The zero-order valence-corrected chi connectivity index (χ0v) is 14.7. The van der Waals surface area contributed by atoms with E-state index in [1.807, 2.05) is 31.2 Å². The number of fused-ring (bicyclic) bond motifs is 1. The number of carbonyl (C=O) groups is 1. The van der Waals surface area contributed by atoms with Crippen LogP contribution in [0.1, 0.15) is 26.3 Å². The molecule has 1 N–H and O–H groups in total. The molecule has 0 spiro atoms. The molecule has 0 radical (unpaired) electrons. The molecule has 0 aliphatic rings. The van der Waals surface area contributed by atoms with Crippen LogP contribution in [-0.4, -0.2) is 33.9 Å². The number of allylic oxidation sites excluding steroid dienone is 1. The Morgan fingerprint density at radius 3 is 2.79 bits per heavy atom. The van der Waals surface area contributed by atoms with Crippen molar-refractivity contribution in [2.24, 2.45) is 9.98 Å². The summed E-state index contributed by atoms with van der Waals surface area (Å²) < 4.78 is -0.960. The Labute approximate surface area is 145 Å². The van der Waals surface area contributed by atoms with E-state index >= 15 is 0 Å². The Morgan fingerprint density at radius 2 is 2.12 bits per heavy atom. The molecule has 6 heteroatoms. The Bertz CT molecular complexity index is 836. The number of thioether (sulfide) groups is 1. The normalized spacial score (nSPS) is 13.1. The monoisotopic (exact) mass is 341 g/mol. The largest absolute Gasteiger partial charge is 0.480 e. The maximum Gasteiger partial charge on any atom is 0.319 e. The fourth-order valence-electron chi connectivity index (χ4n) is 2.25. The quantitative estimate of drug-likeness (QED) is 0.629. The number of carboxylic acids is 1. The molecule has 24 heavy (non-hydrogen) atoms. The molecule has 1 heterocycles. The first-order valence-electron chi connectivity index (χ1n) is 7.31. The lowest BCUT2D eigenvalue weighted by atomic mass is 10.0. The summed E-state index contributed by atoms with van der Waals surface area (Å²) in [7, 11) is 0. The Morgan fingerprint density at radius 1 is 1.38 bits per heavy atom. The summed E-state index contributed by atoms with van der Waals surface area (Å²) in [6.07, 6.45) is 4.88. The van der Waals surface area contributed by atoms with Gasteiger partial charge in [-0.15, -0.1) is 11.8 Å². The molecule has 2 rings (SSSR count). The van der Waals surface area contributed by atoms with Gasteiger partial charge in [-0.05, 0) is 38.9 Å². The molecule has 0 saturated carbocycles. The second-order valence-corrected chi connectivity index (χ2v) is 7.49. The Kier molecular flexibility index (Phi) is 5.51. The van der Waals surface area contributed by atoms with Crippen molar-refractivity contribution in [2.75, 3.05) is 0 Å². The highest BCUT2D eigenvalue weighted by atomic mass is 32.2. The van der Waals surface area contributed by atoms with E-state index in [2.05, 4.69) is 21.7 Å². The molecular formula is C18H19N3O2S. The van der Waals surface area contributed by atoms with Crippen LogP contribution in [0.5, 0.6) is 0 Å². The van der Waals surface area contributed by atoms with Gasteiger partial charge in [-0.3, -0.25) is 14.8 Å². The van der Waals surface area contributed by atoms with Crippen LogP contribution < -0.4 is 0 Å². The van der Waals surface area contributed by atoms with Gasteiger partial charge in [0.15, 0.2) is 0 Å². The van der Waals surface area contributed by atoms with E-state index in [-0.39, 0.29) is 0 Å². The van der Waals surface area contributed by atoms with Gasteiger partial charge < -0.3 is 5.11 Å². The number of pyridine rings is 1. The number of benzene rings is 1. The Hall–Kier alpha value is -2.47. The minimum Gasteiger partial charge on any atom is -0.480 e. The van der Waals surface area contributed by atoms with Crippen molar-refractivity contribution in [3.63, 3.8) is 0 Å². The van der Waals surface area contributed by atoms with Gasteiger partial charge in [-0.2, -0.15) is 0 Å². The minimum absolute atomic E-state index is 0.679. The van der Waals surface area contributed by atoms with E-state index in [0.29, 0.717) is 5.70 Å². The maximum atomic E-state index is 11.4. The molecule has 5 nitrogen and oxygen atoms in total. The predicted molar refractivity (Wildman–Crippen MR) is 102 cm³/mol. The number of aliphatic imine (C=N–C) groups is 2. The van der Waals surface area contributed by atoms with Crippen molar-refractivity contribution in [3.05, 3.63) is 47.1 Å². The molecule has 0 fully saturated rings. The van der Waals surface area contributed by atoms with Crippen LogP contribution in [0.2, 0.25) is 0 Å². The van der Waals surface area contributed by atoms with Gasteiger partial charge in [0.05, 0.1) is 5.70 Å². The third-order valence-electron chi connectivity index (χ3n) is 3.46. The number of hydrogen-bond donors (Lipinski definition) is 1. The van der Waals surface area contributed by atoms with Crippen molar-refractivity contribution in [3.8, 4) is 0 Å². The highest BCUT2D eigenvalue weighted by Gasteiger charge is 2.29. The number of aliphatic carboxylic acids is 1. The maximum absolute atomic E-state index is 11.4. The van der Waals surface area contributed by atoms with E-state index in [9.17, 15) is 9.90 Å². The molecule has 1 aromatic heterocycles. The van der Waals surface area contributed by atoms with Gasteiger partial charge >= 0.3 is 5.97 Å². The first-order valence-corrected chi connectivity index (χ1v) is 8.13. The van der Waals surface area contributed by atoms with Gasteiger partial charge in [0, 0.05) is 28.2 Å². The molecule has 2 aromatic rings. The minimum atomic E-state index is -0.960. The number of aromatic nitrogens is 1. The van der Waals surface area contributed by atoms with Gasteiger partial charge in [-0.25, -0.2) is 4.99 Å². The first kappa shape index (κ1) is 17.9. The molecule has 0 aliphatic heterocycles. The van der Waals surface area contributed by atoms with Crippen molar-refractivity contribution >= 4 is 47.3 Å². The third-order valence-corrected chi connectivity index (χ3v) is 4.65. The van der Waals surface area contributed by atoms with Crippen LogP contribution in [0.4, 0.5) is 0 Å². The molecule has 124 valence electrons. The number of nitrogens with zero attached hydrogens (tertiary/aromatic N) is 3. The van der Waals surface area contributed by atoms with Crippen LogP contribution in [0.3, 0.4) is 0 Å². The second kappa shape index (κ2) is 7.40. The zero-order chi connectivity index (χ0) is 17.7. The third kappa shape index (κ3) is 3.89. The van der Waals surface area contributed by atoms with Crippen LogP contribution in [0.15, 0.2) is 51.5 Å². The van der Waals surface area contributed by atoms with Gasteiger partial charge in [0.25, 0.3) is 0 Å². The van der Waals surface area contributed by atoms with Crippen molar-refractivity contribution in [1.82, 2.24) is 4.98 Å². The van der Waals surface area contributed by atoms with Crippen molar-refractivity contribution in [1.29, 1.82) is 0 Å². The summed E-state index contributed by atoms with van der Waals surface area (Å²) in [5.41, 5.74) is 1.58. The smallest absolute Gasteiger partial charge is 0.319 e. The summed E-state index contributed by atoms with van der Waals surface area (Å²) in [5.74, 6) is -0.876. The highest BCUT2D eigenvalue weighted by molar-refractivity contribution is 8.05. The second-order valence-electron chi connectivity index (χ2n) is 5.65. The molecule has 0 bridgehead atoms. The lowest BCUT2D eigenvalue weighted by Crippen LogP contribution is -2.27. The summed E-state index contributed by atoms with van der Waals surface area (Å²) in [5, 5.41) is 11.4. The fraction of sp³-hybridized carbons (Fsp3) is 0.222. The lowest BCUT2D eigenvalue weighted by molar-refractivity contribution is -0.138. The van der Waals surface area contributed by atoms with E-state index in [1.165, 1.54) is 18.1 Å². The summed E-state index contributed by atoms with van der Waals surface area (Å²) in [6.45, 7) is 8.62. The highest BCUT2D eigenvalue weighted by Crippen LogP contribution is 2.38. The van der Waals surface area contributed by atoms with E-state index < -0.39 is 10.7 Å². The van der Waals surface area contributed by atoms with Crippen molar-refractivity contribution < 1.29 is 9.90 Å². The number of carboxylic acid groups (broad SMARTS) is 1. The van der Waals surface area contributed by atoms with E-state index in [4.69, 9.17) is 0 Å². The number of rotatable bonds is 6. The molecular weight excluding hydrogens is 322 g/mol. The van der Waals surface area contributed by atoms with Crippen LogP contribution >= 0.6 is 11.8 Å². The van der Waals surface area contributed by atoms with Crippen LogP contribution in [0, 0.1) is 0 Å². The van der Waals surface area contributed by atoms with Crippen molar-refractivity contribution in [2.45, 2.75) is 25.5 Å². The topological polar surface area (TPSA) is 74.9 Å². The van der Waals surface area contributed by atoms with Crippen LogP contribution in [0.25, 0.3) is 16.5 Å². The molecule has 0 aliphatic carbocycles. The Balaban J connectivity index is 2.64. The molecule has 0 saturated heterocycles. The van der Waals surface area contributed by atoms with E-state index in [1.54, 1.807) is 26.2 Å². The number of hydrogen-bond acceptors (Lipinski definition) is 4. The predicted octanol–water partition coefficient (Wildman–Crippen LogP) is 4.25. The first-order chi connectivity index (χ1) is 11.4. The summed E-state index contributed by atoms with van der Waals surface area (Å²) in [4.78, 5) is 24.4. The average Bonchev–Trinajstić information content (AvgIpc) is 2.54. The molecule has 0 atom stereocenters. The molecule has 0 amide bonds. The zero-order valence-electron chi connectivity index (χ0n) is 13.9. The van der Waals surface area contributed by atoms with Crippen LogP contribution in [-0.2, 0) is 4.79 Å². The molecule has 0 unspecified atom stereocenters. The lowest BCUT2D eigenvalue weighted by Gasteiger charge is -2.20. The van der Waals surface area contributed by atoms with Gasteiger partial charge in [0.2, 0.25) is 0 Å². The summed E-state index contributed by atoms with van der Waals surface area (Å²) in [6, 6.07) is 7.77. The van der Waals surface area contributed by atoms with Gasteiger partial charge in [-0.1, -0.05) is 18.2 Å². The SMILES string of the molecule is C=NC=N/C(=C(\C)SC(C)(C)C(=O)O)c1cccc2cnccc12. The fourth-order valence-corrected chi connectivity index (χ4v) is 3.36. The standard InChI is InChI=1S/C18H19N3O2S/c1-12(24-18(2,3)17(22)23)16(21-11-19-4)15-7-5-6-13-10-20-9-8-14(13)15/h5-11H,4H2,1-3H3,(H,22,23)/b16-12+,21-11?.